The fraction of sp³-hybridized carbons (Fsp3) is 0.278. The molecule has 0 bridgehead atoms. The molecule has 0 atom stereocenters. The highest BCUT2D eigenvalue weighted by atomic mass is 16.5. The normalized spacial score (nSPS) is 11.7. The molecule has 0 unspecified atom stereocenters. The minimum absolute atomic E-state index is 0.248. The Morgan fingerprint density at radius 2 is 1.48 bits per heavy atom. The summed E-state index contributed by atoms with van der Waals surface area (Å²) in [6.45, 7) is 0.531. The van der Waals surface area contributed by atoms with Gasteiger partial charge in [0.1, 0.15) is 23.9 Å². The van der Waals surface area contributed by atoms with E-state index in [1.54, 1.807) is 24.3 Å². The van der Waals surface area contributed by atoms with E-state index in [1.165, 1.54) is 19.3 Å². The van der Waals surface area contributed by atoms with E-state index < -0.39 is 6.09 Å². The number of hydrogen-bond donors (Lipinski definition) is 2. The number of ether oxygens (including phenoxy) is 2. The quantitative estimate of drug-likeness (QED) is 0.780. The zero-order valence-corrected chi connectivity index (χ0v) is 12.9. The minimum Gasteiger partial charge on any atom is -0.492 e. The lowest BCUT2D eigenvalue weighted by Gasteiger charge is -2.08. The van der Waals surface area contributed by atoms with Crippen LogP contribution in [0.2, 0.25) is 0 Å². The largest absolute Gasteiger partial charge is 0.492 e. The van der Waals surface area contributed by atoms with Crippen LogP contribution in [-0.2, 0) is 0 Å². The van der Waals surface area contributed by atoms with Crippen molar-refractivity contribution in [3.05, 3.63) is 54.6 Å². The first-order chi connectivity index (χ1) is 11.2. The lowest BCUT2D eigenvalue weighted by Crippen LogP contribution is -2.26. The molecule has 23 heavy (non-hydrogen) atoms. The van der Waals surface area contributed by atoms with Crippen LogP contribution in [0.3, 0.4) is 0 Å². The molecule has 5 nitrogen and oxygen atoms in total. The van der Waals surface area contributed by atoms with Gasteiger partial charge in [-0.1, -0.05) is 37.5 Å². The lowest BCUT2D eigenvalue weighted by atomic mass is 10.3. The Morgan fingerprint density at radius 3 is 2.04 bits per heavy atom. The van der Waals surface area contributed by atoms with E-state index in [0.717, 1.165) is 5.75 Å². The highest BCUT2D eigenvalue weighted by Gasteiger charge is 1.99. The first kappa shape index (κ1) is 16.7. The zero-order chi connectivity index (χ0) is 16.3. The molecule has 1 fully saturated rings. The van der Waals surface area contributed by atoms with Crippen LogP contribution in [0, 0.1) is 0 Å². The lowest BCUT2D eigenvalue weighted by molar-refractivity contribution is 0.191. The summed E-state index contributed by atoms with van der Waals surface area (Å²) in [5.41, 5.74) is 0. The van der Waals surface area contributed by atoms with Crippen molar-refractivity contribution in [1.29, 1.82) is 0 Å². The molecule has 1 aliphatic carbocycles. The van der Waals surface area contributed by atoms with Crippen molar-refractivity contribution in [2.45, 2.75) is 19.3 Å². The molecule has 1 amide bonds. The Bertz CT molecular complexity index is 579. The zero-order valence-electron chi connectivity index (χ0n) is 12.9. The van der Waals surface area contributed by atoms with Crippen LogP contribution >= 0.6 is 0 Å². The smallest absolute Gasteiger partial charge is 0.404 e. The molecule has 122 valence electrons. The average molecular weight is 315 g/mol. The summed E-state index contributed by atoms with van der Waals surface area (Å²) in [5.74, 6) is 2.15. The summed E-state index contributed by atoms with van der Waals surface area (Å²) >= 11 is 0. The molecule has 0 aromatic heterocycles. The summed E-state index contributed by atoms with van der Waals surface area (Å²) < 4.78 is 11.0. The molecule has 2 N–H and O–H groups in total. The molecular formula is C18H21NO4. The van der Waals surface area contributed by atoms with E-state index in [2.05, 4.69) is 5.32 Å². The van der Waals surface area contributed by atoms with Gasteiger partial charge in [0, 0.05) is 0 Å². The Labute approximate surface area is 135 Å². The van der Waals surface area contributed by atoms with Gasteiger partial charge in [0.25, 0.3) is 0 Å². The van der Waals surface area contributed by atoms with Crippen molar-refractivity contribution in [3.8, 4) is 17.2 Å². The number of para-hydroxylation sites is 1. The topological polar surface area (TPSA) is 67.8 Å². The summed E-state index contributed by atoms with van der Waals surface area (Å²) in [5, 5.41) is 10.6. The molecule has 0 saturated heterocycles. The van der Waals surface area contributed by atoms with Crippen molar-refractivity contribution >= 4 is 6.09 Å². The highest BCUT2D eigenvalue weighted by molar-refractivity contribution is 5.64. The second-order valence-electron chi connectivity index (χ2n) is 5.03. The van der Waals surface area contributed by atoms with Crippen LogP contribution in [0.25, 0.3) is 0 Å². The van der Waals surface area contributed by atoms with Gasteiger partial charge in [-0.05, 0) is 36.4 Å². The Balaban J connectivity index is 0.000000572. The van der Waals surface area contributed by atoms with Crippen LogP contribution in [0.5, 0.6) is 17.2 Å². The van der Waals surface area contributed by atoms with E-state index in [-0.39, 0.29) is 13.2 Å². The number of rotatable bonds is 6. The van der Waals surface area contributed by atoms with Gasteiger partial charge >= 0.3 is 6.09 Å². The van der Waals surface area contributed by atoms with Crippen molar-refractivity contribution in [2.75, 3.05) is 13.2 Å². The SMILES string of the molecule is C1CC1.O=C(O)NCCOc1ccc(Oc2ccccc2)cc1. The molecule has 0 radical (unpaired) electrons. The van der Waals surface area contributed by atoms with Gasteiger partial charge in [-0.3, -0.25) is 0 Å². The van der Waals surface area contributed by atoms with Crippen LogP contribution in [0.15, 0.2) is 54.6 Å². The van der Waals surface area contributed by atoms with Crippen LogP contribution in [0.4, 0.5) is 4.79 Å². The van der Waals surface area contributed by atoms with Gasteiger partial charge in [0.15, 0.2) is 0 Å². The fourth-order valence-electron chi connectivity index (χ4n) is 1.56. The first-order valence-electron chi connectivity index (χ1n) is 7.66. The van der Waals surface area contributed by atoms with Gasteiger partial charge < -0.3 is 19.9 Å². The second-order valence-corrected chi connectivity index (χ2v) is 5.03. The summed E-state index contributed by atoms with van der Waals surface area (Å²) in [7, 11) is 0. The number of amides is 1. The monoisotopic (exact) mass is 315 g/mol. The van der Waals surface area contributed by atoms with Crippen molar-refractivity contribution in [1.82, 2.24) is 5.32 Å². The number of nitrogens with one attached hydrogen (secondary N) is 1. The van der Waals surface area contributed by atoms with Gasteiger partial charge in [-0.15, -0.1) is 0 Å². The predicted molar refractivity (Wildman–Crippen MR) is 88.3 cm³/mol. The maximum atomic E-state index is 10.2. The predicted octanol–water partition coefficient (Wildman–Crippen LogP) is 4.30. The summed E-state index contributed by atoms with van der Waals surface area (Å²) in [6, 6.07) is 16.6. The van der Waals surface area contributed by atoms with E-state index in [9.17, 15) is 4.79 Å². The number of carbonyl (C=O) groups is 1. The Morgan fingerprint density at radius 1 is 0.913 bits per heavy atom. The minimum atomic E-state index is -1.06. The second kappa shape index (κ2) is 9.35. The van der Waals surface area contributed by atoms with E-state index >= 15 is 0 Å². The molecule has 1 saturated carbocycles. The molecule has 0 aliphatic heterocycles. The highest BCUT2D eigenvalue weighted by Crippen LogP contribution is 2.23. The molecule has 2 aromatic rings. The van der Waals surface area contributed by atoms with E-state index in [0.29, 0.717) is 11.5 Å². The Kier molecular flexibility index (Phi) is 6.78. The summed E-state index contributed by atoms with van der Waals surface area (Å²) in [6.07, 6.45) is 3.44. The summed E-state index contributed by atoms with van der Waals surface area (Å²) in [4.78, 5) is 10.2. The molecular weight excluding hydrogens is 294 g/mol. The van der Waals surface area contributed by atoms with Gasteiger partial charge in [0.2, 0.25) is 0 Å². The number of hydrogen-bond acceptors (Lipinski definition) is 3. The number of carboxylic acid groups (broad SMARTS) is 1. The van der Waals surface area contributed by atoms with E-state index in [1.807, 2.05) is 30.3 Å². The van der Waals surface area contributed by atoms with Gasteiger partial charge in [0.05, 0.1) is 6.54 Å². The third-order valence-electron chi connectivity index (χ3n) is 2.80. The first-order valence-corrected chi connectivity index (χ1v) is 7.66. The van der Waals surface area contributed by atoms with Crippen LogP contribution < -0.4 is 14.8 Å². The van der Waals surface area contributed by atoms with Crippen molar-refractivity contribution in [2.24, 2.45) is 0 Å². The third kappa shape index (κ3) is 7.76. The van der Waals surface area contributed by atoms with Gasteiger partial charge in [-0.2, -0.15) is 0 Å². The molecule has 5 heteroatoms. The maximum absolute atomic E-state index is 10.2. The average Bonchev–Trinajstić information content (AvgIpc) is 3.43. The van der Waals surface area contributed by atoms with Crippen LogP contribution in [-0.4, -0.2) is 24.4 Å². The molecule has 2 aromatic carbocycles. The molecule has 0 spiro atoms. The van der Waals surface area contributed by atoms with Gasteiger partial charge in [-0.25, -0.2) is 4.79 Å². The Hall–Kier alpha value is -2.69. The fourth-order valence-corrected chi connectivity index (χ4v) is 1.56. The number of benzene rings is 2. The van der Waals surface area contributed by atoms with Crippen molar-refractivity contribution < 1.29 is 19.4 Å². The van der Waals surface area contributed by atoms with E-state index in [4.69, 9.17) is 14.6 Å². The van der Waals surface area contributed by atoms with Crippen LogP contribution in [0.1, 0.15) is 19.3 Å². The molecule has 0 heterocycles. The molecule has 3 rings (SSSR count). The third-order valence-corrected chi connectivity index (χ3v) is 2.80. The molecule has 1 aliphatic rings. The standard InChI is InChI=1S/C15H15NO4.C3H6/c17-15(18)16-10-11-19-12-6-8-14(9-7-12)20-13-4-2-1-3-5-13;1-2-3-1/h1-9,16H,10-11H2,(H,17,18);1-3H2. The van der Waals surface area contributed by atoms with Crippen molar-refractivity contribution in [3.63, 3.8) is 0 Å². The maximum Gasteiger partial charge on any atom is 0.404 e.